The molecule has 10 heteroatoms. The van der Waals surface area contributed by atoms with Crippen molar-refractivity contribution >= 4 is 5.91 Å². The lowest BCUT2D eigenvalue weighted by atomic mass is 10.0. The maximum absolute atomic E-state index is 13.2. The monoisotopic (exact) mass is 451 g/mol. The van der Waals surface area contributed by atoms with E-state index in [4.69, 9.17) is 14.0 Å². The SMILES string of the molecule is COc1ccc(-c2noc(CN3C=CN4NC(c5ccc(F)cc5)CC4C3=O)n2)cc1OC. The smallest absolute Gasteiger partial charge is 0.251 e. The van der Waals surface area contributed by atoms with Gasteiger partial charge in [-0.2, -0.15) is 4.98 Å². The van der Waals surface area contributed by atoms with Gasteiger partial charge in [0.15, 0.2) is 11.5 Å². The van der Waals surface area contributed by atoms with E-state index in [-0.39, 0.29) is 30.4 Å². The number of amides is 1. The minimum Gasteiger partial charge on any atom is -0.493 e. The molecule has 170 valence electrons. The highest BCUT2D eigenvalue weighted by Gasteiger charge is 2.40. The summed E-state index contributed by atoms with van der Waals surface area (Å²) in [5, 5.41) is 5.82. The number of methoxy groups -OCH3 is 2. The predicted octanol–water partition coefficient (Wildman–Crippen LogP) is 3.03. The molecule has 3 aromatic rings. The van der Waals surface area contributed by atoms with Crippen LogP contribution in [0.4, 0.5) is 4.39 Å². The Bertz CT molecular complexity index is 1200. The fourth-order valence-corrected chi connectivity index (χ4v) is 4.04. The molecule has 1 amide bonds. The molecule has 1 fully saturated rings. The molecule has 1 N–H and O–H groups in total. The van der Waals surface area contributed by atoms with Gasteiger partial charge in [0.05, 0.1) is 20.3 Å². The average Bonchev–Trinajstić information content (AvgIpc) is 3.49. The second-order valence-electron chi connectivity index (χ2n) is 7.74. The van der Waals surface area contributed by atoms with E-state index in [1.807, 2.05) is 0 Å². The first-order chi connectivity index (χ1) is 16.1. The summed E-state index contributed by atoms with van der Waals surface area (Å²) in [5.41, 5.74) is 4.92. The van der Waals surface area contributed by atoms with E-state index < -0.39 is 0 Å². The molecule has 3 heterocycles. The molecular formula is C23H22FN5O4. The first-order valence-corrected chi connectivity index (χ1v) is 10.4. The normalized spacial score (nSPS) is 19.7. The summed E-state index contributed by atoms with van der Waals surface area (Å²) in [6, 6.07) is 11.2. The number of benzene rings is 2. The van der Waals surface area contributed by atoms with Gasteiger partial charge in [0, 0.05) is 18.0 Å². The third-order valence-electron chi connectivity index (χ3n) is 5.76. The van der Waals surface area contributed by atoms with Crippen LogP contribution in [-0.2, 0) is 11.3 Å². The summed E-state index contributed by atoms with van der Waals surface area (Å²) in [6.07, 6.45) is 4.05. The second-order valence-corrected chi connectivity index (χ2v) is 7.74. The fourth-order valence-electron chi connectivity index (χ4n) is 4.04. The van der Waals surface area contributed by atoms with E-state index in [2.05, 4.69) is 15.6 Å². The topological polar surface area (TPSA) is 93.0 Å². The Morgan fingerprint density at radius 2 is 1.91 bits per heavy atom. The average molecular weight is 451 g/mol. The van der Waals surface area contributed by atoms with E-state index in [1.165, 1.54) is 12.1 Å². The van der Waals surface area contributed by atoms with Gasteiger partial charge in [-0.25, -0.2) is 9.82 Å². The van der Waals surface area contributed by atoms with Crippen LogP contribution < -0.4 is 14.9 Å². The maximum atomic E-state index is 13.2. The van der Waals surface area contributed by atoms with Crippen molar-refractivity contribution in [2.45, 2.75) is 25.0 Å². The number of halogens is 1. The lowest BCUT2D eigenvalue weighted by molar-refractivity contribution is -0.135. The van der Waals surface area contributed by atoms with Gasteiger partial charge in [-0.1, -0.05) is 17.3 Å². The minimum atomic E-state index is -0.377. The fraction of sp³-hybridized carbons (Fsp3) is 0.261. The number of fused-ring (bicyclic) bond motifs is 1. The molecule has 0 radical (unpaired) electrons. The minimum absolute atomic E-state index is 0.0794. The molecule has 2 atom stereocenters. The standard InChI is InChI=1S/C23H22FN5O4/c1-31-19-8-5-15(11-20(19)32-2)22-25-21(33-27-22)13-28-9-10-29-18(23(28)30)12-17(26-29)14-3-6-16(24)7-4-14/h3-11,17-18,26H,12-13H2,1-2H3. The Labute approximate surface area is 189 Å². The Kier molecular flexibility index (Phi) is 5.43. The highest BCUT2D eigenvalue weighted by atomic mass is 19.1. The maximum Gasteiger partial charge on any atom is 0.251 e. The van der Waals surface area contributed by atoms with E-state index >= 15 is 0 Å². The van der Waals surface area contributed by atoms with Gasteiger partial charge in [0.1, 0.15) is 18.4 Å². The Hall–Kier alpha value is -3.92. The number of hydrogen-bond acceptors (Lipinski definition) is 8. The predicted molar refractivity (Wildman–Crippen MR) is 115 cm³/mol. The van der Waals surface area contributed by atoms with Gasteiger partial charge in [-0.3, -0.25) is 4.79 Å². The van der Waals surface area contributed by atoms with Crippen LogP contribution in [-0.4, -0.2) is 46.2 Å². The number of ether oxygens (including phenoxy) is 2. The number of hydrogen-bond donors (Lipinski definition) is 1. The van der Waals surface area contributed by atoms with Gasteiger partial charge < -0.3 is 23.9 Å². The summed E-state index contributed by atoms with van der Waals surface area (Å²) in [5.74, 6) is 1.49. The molecule has 2 aliphatic heterocycles. The molecule has 5 rings (SSSR count). The highest BCUT2D eigenvalue weighted by molar-refractivity contribution is 5.84. The van der Waals surface area contributed by atoms with E-state index in [1.54, 1.807) is 66.9 Å². The third-order valence-corrected chi connectivity index (χ3v) is 5.76. The highest BCUT2D eigenvalue weighted by Crippen LogP contribution is 2.33. The molecule has 1 saturated heterocycles. The van der Waals surface area contributed by atoms with Crippen LogP contribution in [0.5, 0.6) is 11.5 Å². The number of rotatable bonds is 6. The Balaban J connectivity index is 1.28. The van der Waals surface area contributed by atoms with Gasteiger partial charge in [0.2, 0.25) is 11.7 Å². The molecule has 0 aliphatic carbocycles. The summed E-state index contributed by atoms with van der Waals surface area (Å²) in [7, 11) is 3.12. The third kappa shape index (κ3) is 4.00. The molecule has 9 nitrogen and oxygen atoms in total. The van der Waals surface area contributed by atoms with Crippen LogP contribution in [0.1, 0.15) is 23.9 Å². The number of hydrazine groups is 1. The molecule has 2 aromatic carbocycles. The lowest BCUT2D eigenvalue weighted by Gasteiger charge is -2.30. The van der Waals surface area contributed by atoms with Crippen LogP contribution in [0.2, 0.25) is 0 Å². The van der Waals surface area contributed by atoms with Gasteiger partial charge in [-0.15, -0.1) is 0 Å². The molecule has 0 saturated carbocycles. The number of carbonyl (C=O) groups is 1. The Morgan fingerprint density at radius 3 is 2.67 bits per heavy atom. The molecule has 33 heavy (non-hydrogen) atoms. The number of nitrogens with zero attached hydrogens (tertiary/aromatic N) is 4. The number of carbonyl (C=O) groups excluding carboxylic acids is 1. The molecule has 0 spiro atoms. The lowest BCUT2D eigenvalue weighted by Crippen LogP contribution is -2.47. The number of aromatic nitrogens is 2. The first kappa shape index (κ1) is 21.0. The quantitative estimate of drug-likeness (QED) is 0.612. The second kappa shape index (κ2) is 8.55. The van der Waals surface area contributed by atoms with Crippen molar-refractivity contribution in [3.05, 3.63) is 72.1 Å². The van der Waals surface area contributed by atoms with Crippen molar-refractivity contribution < 1.29 is 23.2 Å². The number of nitrogens with one attached hydrogen (secondary N) is 1. The zero-order valence-corrected chi connectivity index (χ0v) is 18.1. The van der Waals surface area contributed by atoms with Crippen molar-refractivity contribution in [3.63, 3.8) is 0 Å². The van der Waals surface area contributed by atoms with Gasteiger partial charge in [0.25, 0.3) is 5.91 Å². The van der Waals surface area contributed by atoms with Crippen molar-refractivity contribution in [1.82, 2.24) is 25.5 Å². The van der Waals surface area contributed by atoms with Gasteiger partial charge >= 0.3 is 0 Å². The summed E-state index contributed by atoms with van der Waals surface area (Å²) in [4.78, 5) is 19.1. The molecule has 0 bridgehead atoms. The van der Waals surface area contributed by atoms with Crippen molar-refractivity contribution in [2.75, 3.05) is 14.2 Å². The molecule has 2 aliphatic rings. The van der Waals surface area contributed by atoms with Crippen LogP contribution >= 0.6 is 0 Å². The van der Waals surface area contributed by atoms with Gasteiger partial charge in [-0.05, 0) is 42.3 Å². The first-order valence-electron chi connectivity index (χ1n) is 10.4. The van der Waals surface area contributed by atoms with E-state index in [0.29, 0.717) is 35.2 Å². The zero-order chi connectivity index (χ0) is 22.9. The van der Waals surface area contributed by atoms with Crippen LogP contribution in [0, 0.1) is 5.82 Å². The molecular weight excluding hydrogens is 429 g/mol. The van der Waals surface area contributed by atoms with E-state index in [0.717, 1.165) is 5.56 Å². The summed E-state index contributed by atoms with van der Waals surface area (Å²) in [6.45, 7) is 0.154. The van der Waals surface area contributed by atoms with Crippen LogP contribution in [0.15, 0.2) is 59.4 Å². The molecule has 1 aromatic heterocycles. The summed E-state index contributed by atoms with van der Waals surface area (Å²) >= 11 is 0. The van der Waals surface area contributed by atoms with Crippen molar-refractivity contribution in [1.29, 1.82) is 0 Å². The van der Waals surface area contributed by atoms with Crippen molar-refractivity contribution in [2.24, 2.45) is 0 Å². The van der Waals surface area contributed by atoms with E-state index in [9.17, 15) is 9.18 Å². The Morgan fingerprint density at radius 1 is 1.12 bits per heavy atom. The molecule has 2 unspecified atom stereocenters. The summed E-state index contributed by atoms with van der Waals surface area (Å²) < 4.78 is 29.2. The largest absolute Gasteiger partial charge is 0.493 e. The van der Waals surface area contributed by atoms with Crippen LogP contribution in [0.25, 0.3) is 11.4 Å². The zero-order valence-electron chi connectivity index (χ0n) is 18.1. The van der Waals surface area contributed by atoms with Crippen molar-refractivity contribution in [3.8, 4) is 22.9 Å². The van der Waals surface area contributed by atoms with Crippen LogP contribution in [0.3, 0.4) is 0 Å².